The maximum Gasteiger partial charge on any atom is 0.416 e. The van der Waals surface area contributed by atoms with E-state index in [-0.39, 0.29) is 5.56 Å². The maximum absolute atomic E-state index is 13.0. The van der Waals surface area contributed by atoms with Crippen molar-refractivity contribution < 1.29 is 22.7 Å². The maximum atomic E-state index is 13.0. The lowest BCUT2D eigenvalue weighted by Crippen LogP contribution is -2.36. The van der Waals surface area contributed by atoms with Crippen molar-refractivity contribution in [2.75, 3.05) is 44.8 Å². The second kappa shape index (κ2) is 9.31. The first-order chi connectivity index (χ1) is 13.9. The van der Waals surface area contributed by atoms with Crippen LogP contribution in [0.15, 0.2) is 48.5 Å². The third kappa shape index (κ3) is 5.29. The molecule has 1 heterocycles. The summed E-state index contributed by atoms with van der Waals surface area (Å²) in [5.41, 5.74) is 1.77. The first-order valence-corrected chi connectivity index (χ1v) is 9.68. The number of nitrogens with zero attached hydrogens (tertiary/aromatic N) is 2. The molecule has 29 heavy (non-hydrogen) atoms. The van der Waals surface area contributed by atoms with E-state index in [4.69, 9.17) is 4.74 Å². The highest BCUT2D eigenvalue weighted by atomic mass is 19.4. The van der Waals surface area contributed by atoms with Crippen LogP contribution >= 0.6 is 0 Å². The van der Waals surface area contributed by atoms with Crippen LogP contribution in [0.5, 0.6) is 0 Å². The zero-order valence-electron chi connectivity index (χ0n) is 16.4. The van der Waals surface area contributed by atoms with Crippen molar-refractivity contribution in [3.63, 3.8) is 0 Å². The van der Waals surface area contributed by atoms with Gasteiger partial charge in [-0.25, -0.2) is 0 Å². The van der Waals surface area contributed by atoms with Crippen LogP contribution in [-0.2, 0) is 17.3 Å². The molecule has 3 rings (SSSR count). The van der Waals surface area contributed by atoms with Gasteiger partial charge in [-0.1, -0.05) is 24.3 Å². The zero-order chi connectivity index (χ0) is 20.9. The standard InChI is InChI=1S/C22H25F3N2O2/c1-29-15-14-27(21(28)18-7-4-8-19(16-18)22(23,24)25)12-5-11-26-13-10-17-6-2-3-9-20(17)26/h2-4,6-9,16H,5,10-15H2,1H3. The van der Waals surface area contributed by atoms with Gasteiger partial charge in [0, 0.05) is 44.5 Å². The van der Waals surface area contributed by atoms with E-state index in [9.17, 15) is 18.0 Å². The number of carbonyl (C=O) groups excluding carboxylic acids is 1. The summed E-state index contributed by atoms with van der Waals surface area (Å²) in [5.74, 6) is -0.407. The van der Waals surface area contributed by atoms with Crippen molar-refractivity contribution in [1.29, 1.82) is 0 Å². The molecule has 1 aliphatic rings. The van der Waals surface area contributed by atoms with Gasteiger partial charge < -0.3 is 14.5 Å². The number of methoxy groups -OCH3 is 1. The Hall–Kier alpha value is -2.54. The minimum atomic E-state index is -4.48. The quantitative estimate of drug-likeness (QED) is 0.657. The van der Waals surface area contributed by atoms with Gasteiger partial charge in [-0.15, -0.1) is 0 Å². The molecule has 1 aliphatic heterocycles. The Balaban J connectivity index is 1.64. The van der Waals surface area contributed by atoms with Crippen molar-refractivity contribution in [2.45, 2.75) is 19.0 Å². The molecule has 0 saturated carbocycles. The molecule has 0 unspecified atom stereocenters. The fourth-order valence-corrected chi connectivity index (χ4v) is 3.62. The van der Waals surface area contributed by atoms with E-state index in [1.54, 1.807) is 4.90 Å². The second-order valence-electron chi connectivity index (χ2n) is 7.08. The summed E-state index contributed by atoms with van der Waals surface area (Å²) in [6.07, 6.45) is -2.74. The van der Waals surface area contributed by atoms with Gasteiger partial charge in [0.05, 0.1) is 12.2 Å². The highest BCUT2D eigenvalue weighted by Crippen LogP contribution is 2.30. The fraction of sp³-hybridized carbons (Fsp3) is 0.409. The lowest BCUT2D eigenvalue weighted by atomic mass is 10.1. The summed E-state index contributed by atoms with van der Waals surface area (Å²) < 4.78 is 44.0. The molecule has 0 spiro atoms. The van der Waals surface area contributed by atoms with Crippen LogP contribution in [0, 0.1) is 0 Å². The molecule has 7 heteroatoms. The molecule has 0 bridgehead atoms. The Morgan fingerprint density at radius 2 is 1.93 bits per heavy atom. The van der Waals surface area contributed by atoms with E-state index in [1.165, 1.54) is 30.5 Å². The number of carbonyl (C=O) groups is 1. The molecule has 2 aromatic rings. The number of amides is 1. The SMILES string of the molecule is COCCN(CCCN1CCc2ccccc21)C(=O)c1cccc(C(F)(F)F)c1. The van der Waals surface area contributed by atoms with Gasteiger partial charge in [0.15, 0.2) is 0 Å². The molecule has 0 saturated heterocycles. The average molecular weight is 406 g/mol. The van der Waals surface area contributed by atoms with Crippen molar-refractivity contribution >= 4 is 11.6 Å². The number of hydrogen-bond donors (Lipinski definition) is 0. The summed E-state index contributed by atoms with van der Waals surface area (Å²) in [7, 11) is 1.54. The minimum absolute atomic E-state index is 0.0439. The van der Waals surface area contributed by atoms with Crippen LogP contribution in [0.2, 0.25) is 0 Å². The molecule has 0 atom stereocenters. The van der Waals surface area contributed by atoms with Crippen molar-refractivity contribution in [3.05, 3.63) is 65.2 Å². The molecule has 156 valence electrons. The summed E-state index contributed by atoms with van der Waals surface area (Å²) in [5, 5.41) is 0. The van der Waals surface area contributed by atoms with Crippen LogP contribution in [0.3, 0.4) is 0 Å². The van der Waals surface area contributed by atoms with Gasteiger partial charge in [0.1, 0.15) is 0 Å². The number of ether oxygens (including phenoxy) is 1. The molecule has 0 N–H and O–H groups in total. The average Bonchev–Trinajstić information content (AvgIpc) is 3.12. The number of halogens is 3. The number of benzene rings is 2. The lowest BCUT2D eigenvalue weighted by Gasteiger charge is -2.25. The summed E-state index contributed by atoms with van der Waals surface area (Å²) in [6, 6.07) is 12.8. The van der Waals surface area contributed by atoms with Crippen LogP contribution in [-0.4, -0.2) is 50.7 Å². The number of alkyl halides is 3. The zero-order valence-corrected chi connectivity index (χ0v) is 16.4. The van der Waals surface area contributed by atoms with Gasteiger partial charge in [0.25, 0.3) is 5.91 Å². The molecule has 0 aromatic heterocycles. The van der Waals surface area contributed by atoms with E-state index in [0.717, 1.165) is 38.1 Å². The van der Waals surface area contributed by atoms with E-state index in [1.807, 2.05) is 12.1 Å². The molecular formula is C22H25F3N2O2. The Morgan fingerprint density at radius 3 is 2.69 bits per heavy atom. The first-order valence-electron chi connectivity index (χ1n) is 9.68. The van der Waals surface area contributed by atoms with Crippen molar-refractivity contribution in [1.82, 2.24) is 4.90 Å². The first kappa shape index (κ1) is 21.2. The smallest absolute Gasteiger partial charge is 0.383 e. The molecule has 2 aromatic carbocycles. The summed E-state index contributed by atoms with van der Waals surface area (Å²) in [6.45, 7) is 2.85. The van der Waals surface area contributed by atoms with Gasteiger partial charge >= 0.3 is 6.18 Å². The van der Waals surface area contributed by atoms with E-state index >= 15 is 0 Å². The van der Waals surface area contributed by atoms with Crippen LogP contribution in [0.4, 0.5) is 18.9 Å². The van der Waals surface area contributed by atoms with Crippen molar-refractivity contribution in [3.8, 4) is 0 Å². The largest absolute Gasteiger partial charge is 0.416 e. The molecule has 0 radical (unpaired) electrons. The Morgan fingerprint density at radius 1 is 1.14 bits per heavy atom. The second-order valence-corrected chi connectivity index (χ2v) is 7.08. The van der Waals surface area contributed by atoms with Crippen LogP contribution < -0.4 is 4.90 Å². The molecule has 1 amide bonds. The summed E-state index contributed by atoms with van der Waals surface area (Å²) in [4.78, 5) is 16.7. The van der Waals surface area contributed by atoms with E-state index in [2.05, 4.69) is 17.0 Å². The van der Waals surface area contributed by atoms with Gasteiger partial charge in [-0.05, 0) is 42.7 Å². The highest BCUT2D eigenvalue weighted by molar-refractivity contribution is 5.94. The lowest BCUT2D eigenvalue weighted by molar-refractivity contribution is -0.137. The number of hydrogen-bond acceptors (Lipinski definition) is 3. The Kier molecular flexibility index (Phi) is 6.79. The van der Waals surface area contributed by atoms with Crippen molar-refractivity contribution in [2.24, 2.45) is 0 Å². The van der Waals surface area contributed by atoms with E-state index in [0.29, 0.717) is 19.7 Å². The third-order valence-corrected chi connectivity index (χ3v) is 5.13. The number of fused-ring (bicyclic) bond motifs is 1. The topological polar surface area (TPSA) is 32.8 Å². The normalized spacial score (nSPS) is 13.4. The van der Waals surface area contributed by atoms with E-state index < -0.39 is 17.6 Å². The Bertz CT molecular complexity index is 839. The van der Waals surface area contributed by atoms with Gasteiger partial charge in [-0.3, -0.25) is 4.79 Å². The van der Waals surface area contributed by atoms with Gasteiger partial charge in [-0.2, -0.15) is 13.2 Å². The monoisotopic (exact) mass is 406 g/mol. The Labute approximate surface area is 168 Å². The van der Waals surface area contributed by atoms with Crippen LogP contribution in [0.1, 0.15) is 27.9 Å². The number of para-hydroxylation sites is 1. The van der Waals surface area contributed by atoms with Gasteiger partial charge in [0.2, 0.25) is 0 Å². The number of anilines is 1. The molecule has 0 aliphatic carbocycles. The molecular weight excluding hydrogens is 381 g/mol. The minimum Gasteiger partial charge on any atom is -0.383 e. The fourth-order valence-electron chi connectivity index (χ4n) is 3.62. The third-order valence-electron chi connectivity index (χ3n) is 5.13. The van der Waals surface area contributed by atoms with Crippen LogP contribution in [0.25, 0.3) is 0 Å². The molecule has 4 nitrogen and oxygen atoms in total. The molecule has 0 fully saturated rings. The number of rotatable bonds is 8. The predicted octanol–water partition coefficient (Wildman–Crippen LogP) is 4.25. The highest BCUT2D eigenvalue weighted by Gasteiger charge is 2.31. The predicted molar refractivity (Wildman–Crippen MR) is 106 cm³/mol. The summed E-state index contributed by atoms with van der Waals surface area (Å²) >= 11 is 0.